The molecule has 2 fully saturated rings. The molecule has 1 amide bonds. The first-order valence-electron chi connectivity index (χ1n) is 6.96. The van der Waals surface area contributed by atoms with E-state index in [-0.39, 0.29) is 17.6 Å². The summed E-state index contributed by atoms with van der Waals surface area (Å²) in [5, 5.41) is 0.762. The molecule has 0 aromatic heterocycles. The summed E-state index contributed by atoms with van der Waals surface area (Å²) in [5.74, 6) is 0.113. The van der Waals surface area contributed by atoms with E-state index in [0.29, 0.717) is 35.3 Å². The van der Waals surface area contributed by atoms with Gasteiger partial charge in [-0.05, 0) is 31.0 Å². The molecule has 0 spiro atoms. The number of ether oxygens (including phenoxy) is 1. The standard InChI is InChI=1S/C15H15Cl2NO3/c16-11-4-3-10(7-12(11)17)15(20)18-5-6-21-13(8-18)14(19)9-1-2-9/h3-4,7,9,13H,1-2,5-6,8H2. The van der Waals surface area contributed by atoms with Crippen molar-refractivity contribution in [1.29, 1.82) is 0 Å². The van der Waals surface area contributed by atoms with Gasteiger partial charge in [-0.25, -0.2) is 0 Å². The monoisotopic (exact) mass is 327 g/mol. The van der Waals surface area contributed by atoms with Gasteiger partial charge in [-0.15, -0.1) is 0 Å². The first-order valence-corrected chi connectivity index (χ1v) is 7.71. The van der Waals surface area contributed by atoms with Crippen LogP contribution >= 0.6 is 23.2 Å². The van der Waals surface area contributed by atoms with E-state index < -0.39 is 6.10 Å². The lowest BCUT2D eigenvalue weighted by molar-refractivity contribution is -0.136. The van der Waals surface area contributed by atoms with Gasteiger partial charge < -0.3 is 9.64 Å². The number of morpholine rings is 1. The Bertz CT molecular complexity index is 586. The Morgan fingerprint density at radius 2 is 1.95 bits per heavy atom. The molecule has 1 aliphatic heterocycles. The number of rotatable bonds is 3. The molecule has 0 bridgehead atoms. The number of benzene rings is 1. The Labute approximate surface area is 133 Å². The van der Waals surface area contributed by atoms with Crippen molar-refractivity contribution in [3.8, 4) is 0 Å². The second-order valence-electron chi connectivity index (χ2n) is 5.42. The summed E-state index contributed by atoms with van der Waals surface area (Å²) in [4.78, 5) is 26.2. The Kier molecular flexibility index (Phi) is 4.20. The van der Waals surface area contributed by atoms with Crippen LogP contribution in [0.15, 0.2) is 18.2 Å². The fraction of sp³-hybridized carbons (Fsp3) is 0.467. The molecule has 1 atom stereocenters. The lowest BCUT2D eigenvalue weighted by atomic mass is 10.1. The van der Waals surface area contributed by atoms with Crippen LogP contribution in [0.25, 0.3) is 0 Å². The molecule has 2 aliphatic rings. The van der Waals surface area contributed by atoms with E-state index in [9.17, 15) is 9.59 Å². The van der Waals surface area contributed by atoms with Gasteiger partial charge in [-0.2, -0.15) is 0 Å². The molecule has 1 unspecified atom stereocenters. The van der Waals surface area contributed by atoms with Crippen LogP contribution in [0, 0.1) is 5.92 Å². The topological polar surface area (TPSA) is 46.6 Å². The minimum atomic E-state index is -0.488. The van der Waals surface area contributed by atoms with E-state index >= 15 is 0 Å². The second-order valence-corrected chi connectivity index (χ2v) is 6.23. The summed E-state index contributed by atoms with van der Waals surface area (Å²) in [6.45, 7) is 1.18. The highest BCUT2D eigenvalue weighted by atomic mass is 35.5. The number of Topliss-reactive ketones (excluding diaryl/α,β-unsaturated/α-hetero) is 1. The van der Waals surface area contributed by atoms with E-state index in [4.69, 9.17) is 27.9 Å². The molecule has 1 saturated carbocycles. The molecule has 1 aromatic carbocycles. The first kappa shape index (κ1) is 14.8. The van der Waals surface area contributed by atoms with Gasteiger partial charge in [0.15, 0.2) is 5.78 Å². The van der Waals surface area contributed by atoms with Gasteiger partial charge in [0.2, 0.25) is 0 Å². The summed E-state index contributed by atoms with van der Waals surface area (Å²) < 4.78 is 5.51. The minimum absolute atomic E-state index is 0.127. The van der Waals surface area contributed by atoms with Crippen LogP contribution in [0.4, 0.5) is 0 Å². The highest BCUT2D eigenvalue weighted by Gasteiger charge is 2.38. The Morgan fingerprint density at radius 3 is 2.62 bits per heavy atom. The van der Waals surface area contributed by atoms with Crippen LogP contribution in [0.1, 0.15) is 23.2 Å². The van der Waals surface area contributed by atoms with Crippen LogP contribution in [0.3, 0.4) is 0 Å². The molecule has 1 aromatic rings. The SMILES string of the molecule is O=C(C1CC1)C1CN(C(=O)c2ccc(Cl)c(Cl)c2)CCO1. The van der Waals surface area contributed by atoms with E-state index in [2.05, 4.69) is 0 Å². The van der Waals surface area contributed by atoms with Crippen molar-refractivity contribution in [3.05, 3.63) is 33.8 Å². The molecular weight excluding hydrogens is 313 g/mol. The van der Waals surface area contributed by atoms with E-state index in [1.54, 1.807) is 23.1 Å². The number of hydrogen-bond acceptors (Lipinski definition) is 3. The summed E-state index contributed by atoms with van der Waals surface area (Å²) in [5.41, 5.74) is 0.476. The van der Waals surface area contributed by atoms with Gasteiger partial charge in [0.1, 0.15) is 6.10 Å². The zero-order valence-corrected chi connectivity index (χ0v) is 12.9. The van der Waals surface area contributed by atoms with Crippen LogP contribution in [0.2, 0.25) is 10.0 Å². The number of ketones is 1. The molecule has 1 saturated heterocycles. The molecule has 1 aliphatic carbocycles. The number of carbonyl (C=O) groups excluding carboxylic acids is 2. The van der Waals surface area contributed by atoms with Crippen molar-refractivity contribution in [2.45, 2.75) is 18.9 Å². The van der Waals surface area contributed by atoms with Gasteiger partial charge in [0.25, 0.3) is 5.91 Å². The maximum absolute atomic E-state index is 12.5. The molecule has 112 valence electrons. The zero-order valence-electron chi connectivity index (χ0n) is 11.4. The van der Waals surface area contributed by atoms with Crippen molar-refractivity contribution < 1.29 is 14.3 Å². The van der Waals surface area contributed by atoms with Crippen molar-refractivity contribution >= 4 is 34.9 Å². The summed E-state index contributed by atoms with van der Waals surface area (Å²) in [6, 6.07) is 4.80. The third kappa shape index (κ3) is 3.23. The minimum Gasteiger partial charge on any atom is -0.367 e. The van der Waals surface area contributed by atoms with E-state index in [1.165, 1.54) is 0 Å². The average molecular weight is 328 g/mol. The molecule has 6 heteroatoms. The lowest BCUT2D eigenvalue weighted by Crippen LogP contribution is -2.49. The fourth-order valence-corrected chi connectivity index (χ4v) is 2.75. The normalized spacial score (nSPS) is 22.2. The van der Waals surface area contributed by atoms with Gasteiger partial charge in [0, 0.05) is 18.0 Å². The third-order valence-electron chi connectivity index (χ3n) is 3.82. The molecular formula is C15H15Cl2NO3. The highest BCUT2D eigenvalue weighted by Crippen LogP contribution is 2.32. The average Bonchev–Trinajstić information content (AvgIpc) is 3.33. The van der Waals surface area contributed by atoms with Gasteiger partial charge in [-0.1, -0.05) is 23.2 Å². The Hall–Kier alpha value is -1.10. The molecule has 21 heavy (non-hydrogen) atoms. The number of amides is 1. The summed E-state index contributed by atoms with van der Waals surface area (Å²) in [7, 11) is 0. The van der Waals surface area contributed by atoms with Crippen LogP contribution in [-0.2, 0) is 9.53 Å². The van der Waals surface area contributed by atoms with E-state index in [0.717, 1.165) is 12.8 Å². The highest BCUT2D eigenvalue weighted by molar-refractivity contribution is 6.42. The summed E-state index contributed by atoms with van der Waals surface area (Å²) in [6.07, 6.45) is 1.40. The molecule has 3 rings (SSSR count). The maximum atomic E-state index is 12.5. The van der Waals surface area contributed by atoms with Crippen LogP contribution < -0.4 is 0 Å². The molecule has 4 nitrogen and oxygen atoms in total. The largest absolute Gasteiger partial charge is 0.367 e. The molecule has 1 heterocycles. The fourth-order valence-electron chi connectivity index (χ4n) is 2.45. The Balaban J connectivity index is 1.71. The quantitative estimate of drug-likeness (QED) is 0.857. The zero-order chi connectivity index (χ0) is 15.0. The summed E-state index contributed by atoms with van der Waals surface area (Å²) >= 11 is 11.8. The van der Waals surface area contributed by atoms with Gasteiger partial charge >= 0.3 is 0 Å². The van der Waals surface area contributed by atoms with Crippen molar-refractivity contribution in [2.75, 3.05) is 19.7 Å². The predicted molar refractivity (Wildman–Crippen MR) is 79.8 cm³/mol. The number of nitrogens with zero attached hydrogens (tertiary/aromatic N) is 1. The first-order chi connectivity index (χ1) is 10.1. The third-order valence-corrected chi connectivity index (χ3v) is 4.56. The van der Waals surface area contributed by atoms with Crippen molar-refractivity contribution in [1.82, 2.24) is 4.90 Å². The van der Waals surface area contributed by atoms with Crippen molar-refractivity contribution in [3.63, 3.8) is 0 Å². The Morgan fingerprint density at radius 1 is 1.19 bits per heavy atom. The number of halogens is 2. The molecule has 0 N–H and O–H groups in total. The number of hydrogen-bond donors (Lipinski definition) is 0. The lowest BCUT2D eigenvalue weighted by Gasteiger charge is -2.32. The second kappa shape index (κ2) is 5.95. The van der Waals surface area contributed by atoms with Gasteiger partial charge in [-0.3, -0.25) is 9.59 Å². The smallest absolute Gasteiger partial charge is 0.254 e. The van der Waals surface area contributed by atoms with Crippen molar-refractivity contribution in [2.24, 2.45) is 5.92 Å². The molecule has 0 radical (unpaired) electrons. The maximum Gasteiger partial charge on any atom is 0.254 e. The number of carbonyl (C=O) groups is 2. The van der Waals surface area contributed by atoms with Gasteiger partial charge in [0.05, 0.1) is 23.2 Å². The van der Waals surface area contributed by atoms with Crippen LogP contribution in [-0.4, -0.2) is 42.4 Å². The van der Waals surface area contributed by atoms with E-state index in [1.807, 2.05) is 0 Å². The predicted octanol–water partition coefficient (Wildman–Crippen LogP) is 2.81. The van der Waals surface area contributed by atoms with Crippen LogP contribution in [0.5, 0.6) is 0 Å².